The lowest BCUT2D eigenvalue weighted by atomic mass is 10.1. The van der Waals surface area contributed by atoms with Crippen molar-refractivity contribution in [3.05, 3.63) is 187 Å². The van der Waals surface area contributed by atoms with Gasteiger partial charge in [0.25, 0.3) is 0 Å². The van der Waals surface area contributed by atoms with Crippen molar-refractivity contribution < 1.29 is 0 Å². The Morgan fingerprint density at radius 3 is 1.07 bits per heavy atom. The fourth-order valence-corrected chi connectivity index (χ4v) is 4.89. The van der Waals surface area contributed by atoms with Gasteiger partial charge in [0.05, 0.1) is 0 Å². The van der Waals surface area contributed by atoms with Crippen LogP contribution < -0.4 is 9.80 Å². The van der Waals surface area contributed by atoms with E-state index in [0.29, 0.717) is 0 Å². The zero-order valence-electron chi connectivity index (χ0n) is 23.2. The van der Waals surface area contributed by atoms with Gasteiger partial charge in [0.2, 0.25) is 0 Å². The minimum absolute atomic E-state index is 0.973. The van der Waals surface area contributed by atoms with Crippen LogP contribution in [0.2, 0.25) is 0 Å². The zero-order chi connectivity index (χ0) is 28.4. The maximum Gasteiger partial charge on any atom is 0.0462 e. The summed E-state index contributed by atoms with van der Waals surface area (Å²) in [6, 6.07) is 58.6. The highest BCUT2D eigenvalue weighted by atomic mass is 15.1. The van der Waals surface area contributed by atoms with E-state index in [1.165, 1.54) is 0 Å². The van der Waals surface area contributed by atoms with E-state index in [1.54, 1.807) is 0 Å². The molecule has 0 radical (unpaired) electrons. The molecule has 0 bridgehead atoms. The second-order valence-corrected chi connectivity index (χ2v) is 9.75. The van der Waals surface area contributed by atoms with Gasteiger partial charge in [0.1, 0.15) is 0 Å². The monoisotopic (exact) mass is 538 g/mol. The van der Waals surface area contributed by atoms with Crippen molar-refractivity contribution in [1.82, 2.24) is 0 Å². The zero-order valence-corrected chi connectivity index (χ0v) is 23.2. The predicted molar refractivity (Wildman–Crippen MR) is 178 cm³/mol. The number of para-hydroxylation sites is 4. The minimum atomic E-state index is 0.973. The summed E-state index contributed by atoms with van der Waals surface area (Å²) in [4.78, 5) is 4.51. The van der Waals surface area contributed by atoms with Crippen molar-refractivity contribution in [2.45, 2.75) is 0 Å². The van der Waals surface area contributed by atoms with Crippen LogP contribution in [0.4, 0.5) is 34.1 Å². The van der Waals surface area contributed by atoms with Crippen molar-refractivity contribution in [3.8, 4) is 11.8 Å². The Bertz CT molecular complexity index is 1700. The highest BCUT2D eigenvalue weighted by molar-refractivity contribution is 5.78. The number of allylic oxidation sites excluding steroid dienone is 1. The van der Waals surface area contributed by atoms with E-state index >= 15 is 0 Å². The van der Waals surface area contributed by atoms with Crippen molar-refractivity contribution in [1.29, 1.82) is 0 Å². The van der Waals surface area contributed by atoms with Crippen LogP contribution in [-0.2, 0) is 0 Å². The summed E-state index contributed by atoms with van der Waals surface area (Å²) in [5, 5.41) is 0. The molecule has 6 aromatic rings. The molecular weight excluding hydrogens is 508 g/mol. The van der Waals surface area contributed by atoms with Gasteiger partial charge in [-0.2, -0.15) is 0 Å². The molecule has 0 heterocycles. The van der Waals surface area contributed by atoms with Crippen LogP contribution >= 0.6 is 0 Å². The molecule has 0 fully saturated rings. The molecule has 6 aromatic carbocycles. The average Bonchev–Trinajstić information content (AvgIpc) is 3.07. The molecule has 0 amide bonds. The van der Waals surface area contributed by atoms with E-state index in [1.807, 2.05) is 36.4 Å². The topological polar surface area (TPSA) is 6.48 Å². The first-order valence-electron chi connectivity index (χ1n) is 14.0. The van der Waals surface area contributed by atoms with E-state index in [4.69, 9.17) is 0 Å². The van der Waals surface area contributed by atoms with E-state index in [2.05, 4.69) is 167 Å². The molecule has 200 valence electrons. The molecule has 0 atom stereocenters. The van der Waals surface area contributed by atoms with Crippen LogP contribution in [-0.4, -0.2) is 0 Å². The van der Waals surface area contributed by atoms with Crippen LogP contribution in [0, 0.1) is 11.8 Å². The summed E-state index contributed by atoms with van der Waals surface area (Å²) >= 11 is 0. The van der Waals surface area contributed by atoms with E-state index in [-0.39, 0.29) is 0 Å². The normalized spacial score (nSPS) is 10.6. The van der Waals surface area contributed by atoms with Gasteiger partial charge in [-0.1, -0.05) is 96.8 Å². The second-order valence-electron chi connectivity index (χ2n) is 9.75. The summed E-state index contributed by atoms with van der Waals surface area (Å²) in [5.41, 5.74) is 8.76. The quantitative estimate of drug-likeness (QED) is 0.187. The first-order chi connectivity index (χ1) is 20.8. The average molecular weight is 539 g/mol. The van der Waals surface area contributed by atoms with Gasteiger partial charge in [-0.3, -0.25) is 0 Å². The summed E-state index contributed by atoms with van der Waals surface area (Å²) in [6.07, 6.45) is 3.96. The molecule has 0 aliphatic rings. The van der Waals surface area contributed by atoms with Gasteiger partial charge in [-0.15, -0.1) is 0 Å². The Morgan fingerprint density at radius 1 is 0.357 bits per heavy atom. The smallest absolute Gasteiger partial charge is 0.0462 e. The largest absolute Gasteiger partial charge is 0.311 e. The minimum Gasteiger partial charge on any atom is -0.311 e. The highest BCUT2D eigenvalue weighted by Gasteiger charge is 2.12. The van der Waals surface area contributed by atoms with Gasteiger partial charge < -0.3 is 9.80 Å². The molecule has 0 aromatic heterocycles. The third-order valence-electron chi connectivity index (χ3n) is 6.91. The lowest BCUT2D eigenvalue weighted by Gasteiger charge is -2.25. The lowest BCUT2D eigenvalue weighted by molar-refractivity contribution is 1.28. The van der Waals surface area contributed by atoms with Gasteiger partial charge in [0.15, 0.2) is 0 Å². The standard InChI is InChI=1S/C40H30N2/c1-5-17-35(18-6-1)41(36-19-7-2-8-20-36)39-29-25-33(26-30-39)15-13-14-16-34-27-31-40(32-28-34)42(37-21-9-3-10-22-37)38-23-11-4-12-24-38/h1-13,15,17-32H. The first kappa shape index (κ1) is 26.4. The number of hydrogen-bond donors (Lipinski definition) is 0. The molecule has 6 rings (SSSR count). The molecule has 0 spiro atoms. The summed E-state index contributed by atoms with van der Waals surface area (Å²) in [7, 11) is 0. The van der Waals surface area contributed by atoms with E-state index < -0.39 is 0 Å². The molecular formula is C40H30N2. The third kappa shape index (κ3) is 6.33. The molecule has 0 N–H and O–H groups in total. The number of benzene rings is 6. The van der Waals surface area contributed by atoms with Gasteiger partial charge in [-0.25, -0.2) is 0 Å². The third-order valence-corrected chi connectivity index (χ3v) is 6.91. The molecule has 2 heteroatoms. The predicted octanol–water partition coefficient (Wildman–Crippen LogP) is 10.7. The van der Waals surface area contributed by atoms with Crippen LogP contribution in [0.15, 0.2) is 176 Å². The molecule has 0 unspecified atom stereocenters. The van der Waals surface area contributed by atoms with Crippen molar-refractivity contribution in [3.63, 3.8) is 0 Å². The molecule has 0 aliphatic carbocycles. The fourth-order valence-electron chi connectivity index (χ4n) is 4.89. The van der Waals surface area contributed by atoms with Crippen molar-refractivity contribution in [2.75, 3.05) is 9.80 Å². The van der Waals surface area contributed by atoms with Gasteiger partial charge in [-0.05, 0) is 103 Å². The fraction of sp³-hybridized carbons (Fsp3) is 0. The lowest BCUT2D eigenvalue weighted by Crippen LogP contribution is -2.09. The van der Waals surface area contributed by atoms with Gasteiger partial charge in [0, 0.05) is 39.7 Å². The molecule has 2 nitrogen and oxygen atoms in total. The van der Waals surface area contributed by atoms with Crippen molar-refractivity contribution in [2.24, 2.45) is 0 Å². The summed E-state index contributed by atoms with van der Waals surface area (Å²) < 4.78 is 0. The SMILES string of the molecule is C(#Cc1ccc(N(c2ccccc2)c2ccccc2)cc1)C=Cc1ccc(N(c2ccccc2)c2ccccc2)cc1. The number of nitrogens with zero attached hydrogens (tertiary/aromatic N) is 2. The van der Waals surface area contributed by atoms with Crippen LogP contribution in [0.1, 0.15) is 11.1 Å². The second kappa shape index (κ2) is 13.0. The summed E-state index contributed by atoms with van der Waals surface area (Å²) in [6.45, 7) is 0. The summed E-state index contributed by atoms with van der Waals surface area (Å²) in [5.74, 6) is 6.47. The van der Waals surface area contributed by atoms with Crippen LogP contribution in [0.5, 0.6) is 0 Å². The van der Waals surface area contributed by atoms with Crippen LogP contribution in [0.25, 0.3) is 6.08 Å². The van der Waals surface area contributed by atoms with Crippen LogP contribution in [0.3, 0.4) is 0 Å². The highest BCUT2D eigenvalue weighted by Crippen LogP contribution is 2.35. The van der Waals surface area contributed by atoms with E-state index in [9.17, 15) is 0 Å². The maximum absolute atomic E-state index is 3.27. The Balaban J connectivity index is 1.17. The first-order valence-corrected chi connectivity index (χ1v) is 14.0. The Labute approximate surface area is 248 Å². The maximum atomic E-state index is 3.27. The molecule has 42 heavy (non-hydrogen) atoms. The van der Waals surface area contributed by atoms with Crippen molar-refractivity contribution >= 4 is 40.2 Å². The Morgan fingerprint density at radius 2 is 0.690 bits per heavy atom. The molecule has 0 saturated heterocycles. The Hall–Kier alpha value is -5.78. The number of anilines is 6. The number of hydrogen-bond acceptors (Lipinski definition) is 2. The molecule has 0 saturated carbocycles. The Kier molecular flexibility index (Phi) is 8.22. The molecule has 0 aliphatic heterocycles. The van der Waals surface area contributed by atoms with E-state index in [0.717, 1.165) is 45.3 Å². The number of rotatable bonds is 7. The van der Waals surface area contributed by atoms with Gasteiger partial charge >= 0.3 is 0 Å².